The van der Waals surface area contributed by atoms with E-state index >= 15 is 0 Å². The third-order valence-corrected chi connectivity index (χ3v) is 6.94. The normalized spacial score (nSPS) is 24.0. The molecule has 2 aliphatic rings. The molecule has 1 aromatic heterocycles. The lowest BCUT2D eigenvalue weighted by molar-refractivity contribution is -0.141. The Morgan fingerprint density at radius 2 is 2.08 bits per heavy atom. The maximum Gasteiger partial charge on any atom is 0.433 e. The molecule has 1 aromatic rings. The van der Waals surface area contributed by atoms with Crippen LogP contribution in [0, 0.1) is 11.3 Å². The van der Waals surface area contributed by atoms with Crippen molar-refractivity contribution in [2.45, 2.75) is 25.9 Å². The fraction of sp³-hybridized carbons (Fsp3) is 0.688. The molecule has 2 fully saturated rings. The molecule has 2 saturated heterocycles. The van der Waals surface area contributed by atoms with Crippen molar-refractivity contribution >= 4 is 9.84 Å². The summed E-state index contributed by atoms with van der Waals surface area (Å²) in [5.41, 5.74) is -0.296. The summed E-state index contributed by atoms with van der Waals surface area (Å²) in [5.74, 6) is 0.759. The molecule has 0 saturated carbocycles. The quantitative estimate of drug-likeness (QED) is 0.825. The molecule has 0 amide bonds. The van der Waals surface area contributed by atoms with Crippen LogP contribution >= 0.6 is 0 Å². The van der Waals surface area contributed by atoms with Gasteiger partial charge in [0.15, 0.2) is 9.84 Å². The van der Waals surface area contributed by atoms with Gasteiger partial charge in [-0.05, 0) is 43.0 Å². The van der Waals surface area contributed by atoms with Crippen molar-refractivity contribution in [3.8, 4) is 0 Å². The average Bonchev–Trinajstić information content (AvgIpc) is 2.79. The summed E-state index contributed by atoms with van der Waals surface area (Å²) in [6.45, 7) is 4.42. The van der Waals surface area contributed by atoms with Crippen molar-refractivity contribution in [1.82, 2.24) is 9.88 Å². The van der Waals surface area contributed by atoms with Gasteiger partial charge in [-0.25, -0.2) is 8.42 Å². The van der Waals surface area contributed by atoms with E-state index in [1.54, 1.807) is 6.07 Å². The van der Waals surface area contributed by atoms with Crippen LogP contribution in [0.3, 0.4) is 0 Å². The van der Waals surface area contributed by atoms with Gasteiger partial charge in [-0.15, -0.1) is 0 Å². The van der Waals surface area contributed by atoms with Gasteiger partial charge in [0.1, 0.15) is 5.69 Å². The summed E-state index contributed by atoms with van der Waals surface area (Å²) in [5, 5.41) is 0. The molecule has 2 aliphatic heterocycles. The van der Waals surface area contributed by atoms with E-state index in [9.17, 15) is 21.6 Å². The van der Waals surface area contributed by atoms with Gasteiger partial charge in [0.2, 0.25) is 0 Å². The number of sulfone groups is 1. The molecule has 4 nitrogen and oxygen atoms in total. The zero-order chi connectivity index (χ0) is 17.6. The Kier molecular flexibility index (Phi) is 4.40. The number of pyridine rings is 1. The molecular formula is C16H21F3N2O2S. The highest BCUT2D eigenvalue weighted by atomic mass is 32.2. The molecule has 3 rings (SSSR count). The van der Waals surface area contributed by atoms with E-state index < -0.39 is 21.7 Å². The Hall–Kier alpha value is -1.15. The Labute approximate surface area is 140 Å². The average molecular weight is 362 g/mol. The fourth-order valence-corrected chi connectivity index (χ4v) is 6.23. The van der Waals surface area contributed by atoms with E-state index in [4.69, 9.17) is 0 Å². The van der Waals surface area contributed by atoms with Crippen LogP contribution in [0.25, 0.3) is 0 Å². The van der Waals surface area contributed by atoms with E-state index in [-0.39, 0.29) is 22.8 Å². The molecule has 1 atom stereocenters. The summed E-state index contributed by atoms with van der Waals surface area (Å²) < 4.78 is 60.9. The maximum absolute atomic E-state index is 12.7. The minimum Gasteiger partial charge on any atom is -0.302 e. The van der Waals surface area contributed by atoms with Gasteiger partial charge in [0.25, 0.3) is 0 Å². The standard InChI is InChI=1S/C16H21F3N2O2S/c1-12(6-13-2-4-20-14(7-13)16(17,18)19)8-21-5-3-15(9-21)10-24(22,23)11-15/h2,4,7,12H,3,5-6,8-11H2,1H3. The number of rotatable bonds is 4. The summed E-state index contributed by atoms with van der Waals surface area (Å²) in [7, 11) is -2.83. The molecular weight excluding hydrogens is 341 g/mol. The predicted octanol–water partition coefficient (Wildman–Crippen LogP) is 2.40. The lowest BCUT2D eigenvalue weighted by Gasteiger charge is -2.37. The number of nitrogens with zero attached hydrogens (tertiary/aromatic N) is 2. The second-order valence-electron chi connectivity index (χ2n) is 7.37. The monoisotopic (exact) mass is 362 g/mol. The van der Waals surface area contributed by atoms with Crippen molar-refractivity contribution < 1.29 is 21.6 Å². The third kappa shape index (κ3) is 3.91. The fourth-order valence-electron chi connectivity index (χ4n) is 3.97. The minimum absolute atomic E-state index is 0.0708. The van der Waals surface area contributed by atoms with Gasteiger partial charge in [0.05, 0.1) is 11.5 Å². The second kappa shape index (κ2) is 5.98. The van der Waals surface area contributed by atoms with Crippen molar-refractivity contribution in [2.75, 3.05) is 31.1 Å². The largest absolute Gasteiger partial charge is 0.433 e. The topological polar surface area (TPSA) is 50.3 Å². The van der Waals surface area contributed by atoms with E-state index in [1.165, 1.54) is 6.20 Å². The highest BCUT2D eigenvalue weighted by Gasteiger charge is 2.51. The Morgan fingerprint density at radius 3 is 2.71 bits per heavy atom. The number of halogens is 3. The maximum atomic E-state index is 12.7. The smallest absolute Gasteiger partial charge is 0.302 e. The number of hydrogen-bond acceptors (Lipinski definition) is 4. The Balaban J connectivity index is 1.54. The molecule has 134 valence electrons. The summed E-state index contributed by atoms with van der Waals surface area (Å²) in [6, 6.07) is 2.73. The Bertz CT molecular complexity index is 706. The van der Waals surface area contributed by atoms with E-state index in [2.05, 4.69) is 9.88 Å². The predicted molar refractivity (Wildman–Crippen MR) is 84.3 cm³/mol. The van der Waals surface area contributed by atoms with Gasteiger partial charge in [-0.1, -0.05) is 6.92 Å². The van der Waals surface area contributed by atoms with Gasteiger partial charge in [0, 0.05) is 24.7 Å². The summed E-state index contributed by atoms with van der Waals surface area (Å²) in [6.07, 6.45) is -1.77. The first-order valence-electron chi connectivity index (χ1n) is 8.02. The van der Waals surface area contributed by atoms with Gasteiger partial charge < -0.3 is 4.90 Å². The minimum atomic E-state index is -4.42. The third-order valence-electron chi connectivity index (χ3n) is 4.84. The SMILES string of the molecule is CC(Cc1ccnc(C(F)(F)F)c1)CN1CCC2(C1)CS(=O)(=O)C2. The lowest BCUT2D eigenvalue weighted by atomic mass is 9.91. The second-order valence-corrected chi connectivity index (χ2v) is 9.44. The molecule has 0 bridgehead atoms. The molecule has 24 heavy (non-hydrogen) atoms. The molecule has 1 spiro atoms. The highest BCUT2D eigenvalue weighted by Crippen LogP contribution is 2.41. The number of hydrogen-bond donors (Lipinski definition) is 0. The molecule has 0 aliphatic carbocycles. The van der Waals surface area contributed by atoms with Crippen molar-refractivity contribution in [3.63, 3.8) is 0 Å². The van der Waals surface area contributed by atoms with Gasteiger partial charge in [-0.3, -0.25) is 4.98 Å². The van der Waals surface area contributed by atoms with E-state index in [0.29, 0.717) is 12.0 Å². The number of aromatic nitrogens is 1. The van der Waals surface area contributed by atoms with Gasteiger partial charge >= 0.3 is 6.18 Å². The molecule has 0 N–H and O–H groups in total. The highest BCUT2D eigenvalue weighted by molar-refractivity contribution is 7.92. The zero-order valence-corrected chi connectivity index (χ0v) is 14.3. The molecule has 0 radical (unpaired) electrons. The molecule has 0 aromatic carbocycles. The first-order chi connectivity index (χ1) is 11.1. The zero-order valence-electron chi connectivity index (χ0n) is 13.5. The first-order valence-corrected chi connectivity index (χ1v) is 9.84. The molecule has 3 heterocycles. The lowest BCUT2D eigenvalue weighted by Crippen LogP contribution is -2.50. The van der Waals surface area contributed by atoms with E-state index in [1.807, 2.05) is 6.92 Å². The van der Waals surface area contributed by atoms with Crippen LogP contribution in [0.1, 0.15) is 24.6 Å². The van der Waals surface area contributed by atoms with Crippen molar-refractivity contribution in [1.29, 1.82) is 0 Å². The molecule has 1 unspecified atom stereocenters. The van der Waals surface area contributed by atoms with Crippen LogP contribution in [-0.2, 0) is 22.4 Å². The summed E-state index contributed by atoms with van der Waals surface area (Å²) >= 11 is 0. The van der Waals surface area contributed by atoms with Crippen LogP contribution in [0.4, 0.5) is 13.2 Å². The number of alkyl halides is 3. The van der Waals surface area contributed by atoms with Gasteiger partial charge in [-0.2, -0.15) is 13.2 Å². The molecule has 8 heteroatoms. The van der Waals surface area contributed by atoms with Crippen LogP contribution in [-0.4, -0.2) is 49.4 Å². The van der Waals surface area contributed by atoms with Crippen LogP contribution in [0.15, 0.2) is 18.3 Å². The van der Waals surface area contributed by atoms with Crippen LogP contribution in [0.2, 0.25) is 0 Å². The van der Waals surface area contributed by atoms with Crippen LogP contribution < -0.4 is 0 Å². The van der Waals surface area contributed by atoms with Crippen molar-refractivity contribution in [2.24, 2.45) is 11.3 Å². The van der Waals surface area contributed by atoms with E-state index in [0.717, 1.165) is 32.1 Å². The first kappa shape index (κ1) is 17.7. The van der Waals surface area contributed by atoms with Crippen molar-refractivity contribution in [3.05, 3.63) is 29.6 Å². The number of likely N-dealkylation sites (tertiary alicyclic amines) is 1. The van der Waals surface area contributed by atoms with Crippen LogP contribution in [0.5, 0.6) is 0 Å². The Morgan fingerprint density at radius 1 is 1.38 bits per heavy atom. The summed E-state index contributed by atoms with van der Waals surface area (Å²) in [4.78, 5) is 5.62.